The number of Topliss-reactive ketones (excluding diaryl/α,β-unsaturated/α-hetero) is 1. The number of nitrogens with one attached hydrogen (secondary N) is 2. The van der Waals surface area contributed by atoms with Gasteiger partial charge in [0.15, 0.2) is 0 Å². The first-order valence-electron chi connectivity index (χ1n) is 9.46. The predicted octanol–water partition coefficient (Wildman–Crippen LogP) is 2.73. The van der Waals surface area contributed by atoms with E-state index in [4.69, 9.17) is 0 Å². The van der Waals surface area contributed by atoms with Gasteiger partial charge in [0, 0.05) is 11.8 Å². The molecule has 5 nitrogen and oxygen atoms in total. The van der Waals surface area contributed by atoms with Gasteiger partial charge in [-0.1, -0.05) is 24.3 Å². The van der Waals surface area contributed by atoms with Gasteiger partial charge < -0.3 is 10.6 Å². The summed E-state index contributed by atoms with van der Waals surface area (Å²) >= 11 is 0. The lowest BCUT2D eigenvalue weighted by atomic mass is 9.90. The number of hydrogen-bond donors (Lipinski definition) is 2. The minimum Gasteiger partial charge on any atom is -0.343 e. The maximum absolute atomic E-state index is 12.4. The SMILES string of the molecule is O=C1CNC(=O)c2ccc(-c3ccc4c(c3)CC3CCC(C4)C3=O)cc2N1. The van der Waals surface area contributed by atoms with Crippen LogP contribution < -0.4 is 10.6 Å². The largest absolute Gasteiger partial charge is 0.343 e. The first-order valence-corrected chi connectivity index (χ1v) is 9.46. The molecular formula is C22H20N2O3. The normalized spacial score (nSPS) is 23.6. The molecule has 1 fully saturated rings. The molecule has 0 radical (unpaired) electrons. The van der Waals surface area contributed by atoms with E-state index in [0.29, 0.717) is 17.0 Å². The smallest absolute Gasteiger partial charge is 0.253 e. The molecule has 5 heteroatoms. The highest BCUT2D eigenvalue weighted by Gasteiger charge is 2.37. The Morgan fingerprint density at radius 1 is 0.815 bits per heavy atom. The summed E-state index contributed by atoms with van der Waals surface area (Å²) in [5, 5.41) is 5.39. The summed E-state index contributed by atoms with van der Waals surface area (Å²) in [6.45, 7) is -0.0156. The number of anilines is 1. The summed E-state index contributed by atoms with van der Waals surface area (Å²) in [5.41, 5.74) is 5.54. The molecule has 1 saturated carbocycles. The van der Waals surface area contributed by atoms with Gasteiger partial charge in [0.2, 0.25) is 5.91 Å². The third-order valence-corrected chi connectivity index (χ3v) is 6.09. The lowest BCUT2D eigenvalue weighted by Gasteiger charge is -2.15. The fourth-order valence-electron chi connectivity index (χ4n) is 4.63. The molecule has 2 aromatic rings. The van der Waals surface area contributed by atoms with Gasteiger partial charge in [0.05, 0.1) is 17.8 Å². The number of carbonyl (C=O) groups is 3. The van der Waals surface area contributed by atoms with Crippen LogP contribution in [0.2, 0.25) is 0 Å². The molecule has 1 heterocycles. The predicted molar refractivity (Wildman–Crippen MR) is 101 cm³/mol. The average Bonchev–Trinajstić information content (AvgIpc) is 2.83. The van der Waals surface area contributed by atoms with E-state index in [-0.39, 0.29) is 30.2 Å². The first-order chi connectivity index (χ1) is 13.1. The summed E-state index contributed by atoms with van der Waals surface area (Å²) in [4.78, 5) is 36.3. The molecule has 2 aliphatic carbocycles. The number of amides is 2. The second-order valence-corrected chi connectivity index (χ2v) is 7.76. The van der Waals surface area contributed by atoms with Crippen LogP contribution in [0.3, 0.4) is 0 Å². The maximum atomic E-state index is 12.4. The fraction of sp³-hybridized carbons (Fsp3) is 0.318. The molecule has 1 aliphatic heterocycles. The minimum absolute atomic E-state index is 0.0156. The van der Waals surface area contributed by atoms with Crippen molar-refractivity contribution >= 4 is 23.3 Å². The number of rotatable bonds is 1. The Hall–Kier alpha value is -2.95. The van der Waals surface area contributed by atoms with Gasteiger partial charge in [0.25, 0.3) is 5.91 Å². The summed E-state index contributed by atoms with van der Waals surface area (Å²) in [6.07, 6.45) is 3.71. The standard InChI is InChI=1S/C22H20N2O3/c25-20-11-23-22(27)18-6-5-14(10-19(18)24-20)12-1-2-13-7-15-3-4-16(21(15)26)9-17(13)8-12/h1-2,5-6,8,10,15-16H,3-4,7,9,11H2,(H,23,27)(H,24,25). The van der Waals surface area contributed by atoms with E-state index in [9.17, 15) is 14.4 Å². The van der Waals surface area contributed by atoms with Crippen molar-refractivity contribution in [3.05, 3.63) is 53.1 Å². The third-order valence-electron chi connectivity index (χ3n) is 6.09. The molecule has 5 rings (SSSR count). The molecule has 2 aromatic carbocycles. The van der Waals surface area contributed by atoms with Crippen LogP contribution in [-0.2, 0) is 22.4 Å². The Kier molecular flexibility index (Phi) is 3.64. The van der Waals surface area contributed by atoms with Crippen molar-refractivity contribution < 1.29 is 14.4 Å². The quantitative estimate of drug-likeness (QED) is 0.821. The lowest BCUT2D eigenvalue weighted by Crippen LogP contribution is -2.28. The van der Waals surface area contributed by atoms with Crippen molar-refractivity contribution in [3.63, 3.8) is 0 Å². The molecule has 2 atom stereocenters. The van der Waals surface area contributed by atoms with E-state index in [1.54, 1.807) is 6.07 Å². The third kappa shape index (κ3) is 2.74. The van der Waals surface area contributed by atoms with Crippen LogP contribution in [0.25, 0.3) is 11.1 Å². The van der Waals surface area contributed by atoms with Crippen molar-refractivity contribution in [2.45, 2.75) is 25.7 Å². The Balaban J connectivity index is 1.53. The van der Waals surface area contributed by atoms with Crippen molar-refractivity contribution in [2.75, 3.05) is 11.9 Å². The average molecular weight is 360 g/mol. The van der Waals surface area contributed by atoms with Gasteiger partial charge in [-0.2, -0.15) is 0 Å². The summed E-state index contributed by atoms with van der Waals surface area (Å²) in [5.74, 6) is 0.332. The first kappa shape index (κ1) is 16.2. The van der Waals surface area contributed by atoms with E-state index in [0.717, 1.165) is 36.8 Å². The van der Waals surface area contributed by atoms with Gasteiger partial charge in [-0.15, -0.1) is 0 Å². The van der Waals surface area contributed by atoms with Crippen molar-refractivity contribution in [1.29, 1.82) is 0 Å². The number of ketones is 1. The Labute approximate surface area is 157 Å². The lowest BCUT2D eigenvalue weighted by molar-refractivity contribution is -0.123. The highest BCUT2D eigenvalue weighted by Crippen LogP contribution is 2.38. The van der Waals surface area contributed by atoms with Gasteiger partial charge in [-0.25, -0.2) is 0 Å². The van der Waals surface area contributed by atoms with Crippen LogP contribution >= 0.6 is 0 Å². The van der Waals surface area contributed by atoms with Crippen LogP contribution in [0, 0.1) is 11.8 Å². The van der Waals surface area contributed by atoms with Gasteiger partial charge in [-0.3, -0.25) is 14.4 Å². The van der Waals surface area contributed by atoms with Crippen LogP contribution in [0.4, 0.5) is 5.69 Å². The Morgan fingerprint density at radius 3 is 2.33 bits per heavy atom. The molecule has 0 saturated heterocycles. The van der Waals surface area contributed by atoms with E-state index in [2.05, 4.69) is 28.8 Å². The molecule has 2 N–H and O–H groups in total. The molecular weight excluding hydrogens is 340 g/mol. The monoisotopic (exact) mass is 360 g/mol. The highest BCUT2D eigenvalue weighted by atomic mass is 16.2. The summed E-state index contributed by atoms with van der Waals surface area (Å²) in [7, 11) is 0. The molecule has 0 spiro atoms. The molecule has 136 valence electrons. The van der Waals surface area contributed by atoms with Crippen LogP contribution in [0.15, 0.2) is 36.4 Å². The molecule has 2 unspecified atom stereocenters. The van der Waals surface area contributed by atoms with Gasteiger partial charge in [-0.05, 0) is 60.1 Å². The van der Waals surface area contributed by atoms with Crippen molar-refractivity contribution in [2.24, 2.45) is 11.8 Å². The summed E-state index contributed by atoms with van der Waals surface area (Å²) in [6, 6.07) is 11.9. The van der Waals surface area contributed by atoms with Crippen LogP contribution in [0.1, 0.15) is 34.3 Å². The zero-order valence-corrected chi connectivity index (χ0v) is 14.9. The Morgan fingerprint density at radius 2 is 1.52 bits per heavy atom. The highest BCUT2D eigenvalue weighted by molar-refractivity contribution is 6.09. The minimum atomic E-state index is -0.244. The fourth-order valence-corrected chi connectivity index (χ4v) is 4.63. The van der Waals surface area contributed by atoms with Crippen LogP contribution in [0.5, 0.6) is 0 Å². The van der Waals surface area contributed by atoms with E-state index >= 15 is 0 Å². The maximum Gasteiger partial charge on any atom is 0.253 e. The zero-order chi connectivity index (χ0) is 18.5. The molecule has 3 aliphatic rings. The van der Waals surface area contributed by atoms with E-state index in [1.165, 1.54) is 11.1 Å². The van der Waals surface area contributed by atoms with Crippen LogP contribution in [-0.4, -0.2) is 24.1 Å². The van der Waals surface area contributed by atoms with Crippen molar-refractivity contribution in [1.82, 2.24) is 5.32 Å². The van der Waals surface area contributed by atoms with Gasteiger partial charge in [0.1, 0.15) is 5.78 Å². The number of hydrogen-bond acceptors (Lipinski definition) is 3. The zero-order valence-electron chi connectivity index (χ0n) is 14.9. The molecule has 2 amide bonds. The number of carbonyl (C=O) groups excluding carboxylic acids is 3. The topological polar surface area (TPSA) is 75.3 Å². The van der Waals surface area contributed by atoms with Gasteiger partial charge >= 0.3 is 0 Å². The molecule has 2 bridgehead atoms. The van der Waals surface area contributed by atoms with E-state index in [1.807, 2.05) is 12.1 Å². The molecule has 27 heavy (non-hydrogen) atoms. The second-order valence-electron chi connectivity index (χ2n) is 7.76. The van der Waals surface area contributed by atoms with Crippen molar-refractivity contribution in [3.8, 4) is 11.1 Å². The summed E-state index contributed by atoms with van der Waals surface area (Å²) < 4.78 is 0. The number of benzene rings is 2. The Bertz CT molecular complexity index is 995. The molecule has 0 aromatic heterocycles. The number of fused-ring (bicyclic) bond motifs is 4. The van der Waals surface area contributed by atoms with E-state index < -0.39 is 0 Å². The second kappa shape index (κ2) is 6.05.